The predicted octanol–water partition coefficient (Wildman–Crippen LogP) is 2.09. The molecule has 0 bridgehead atoms. The molecule has 0 saturated carbocycles. The maximum absolute atomic E-state index is 11.7. The zero-order valence-electron chi connectivity index (χ0n) is 15.0. The molecule has 0 amide bonds. The molecular weight excluding hydrogens is 404 g/mol. The van der Waals surface area contributed by atoms with Gasteiger partial charge < -0.3 is 15.2 Å². The molecule has 1 saturated heterocycles. The molecular formula is C18H19ClN4O4S. The summed E-state index contributed by atoms with van der Waals surface area (Å²) in [4.78, 5) is 11.0. The van der Waals surface area contributed by atoms with Crippen LogP contribution in [0.4, 0.5) is 0 Å². The molecule has 1 aromatic carbocycles. The molecule has 2 atom stereocenters. The van der Waals surface area contributed by atoms with E-state index in [9.17, 15) is 18.6 Å². The molecule has 2 unspecified atom stereocenters. The van der Waals surface area contributed by atoms with Crippen molar-refractivity contribution in [2.75, 3.05) is 19.3 Å². The van der Waals surface area contributed by atoms with E-state index < -0.39 is 16.1 Å². The molecule has 8 nitrogen and oxygen atoms in total. The highest BCUT2D eigenvalue weighted by Crippen LogP contribution is 2.33. The summed E-state index contributed by atoms with van der Waals surface area (Å²) in [5, 5.41) is 20.3. The average Bonchev–Trinajstić information content (AvgIpc) is 2.99. The van der Waals surface area contributed by atoms with Gasteiger partial charge in [-0.1, -0.05) is 35.9 Å². The molecule has 0 radical (unpaired) electrons. The van der Waals surface area contributed by atoms with Crippen LogP contribution in [0.2, 0.25) is 5.02 Å². The van der Waals surface area contributed by atoms with Gasteiger partial charge in [-0.3, -0.25) is 0 Å². The summed E-state index contributed by atoms with van der Waals surface area (Å²) in [7, 11) is -3.30. The van der Waals surface area contributed by atoms with Crippen LogP contribution in [0, 0.1) is 0 Å². The van der Waals surface area contributed by atoms with Gasteiger partial charge in [0, 0.05) is 24.6 Å². The molecule has 3 N–H and O–H groups in total. The maximum atomic E-state index is 11.7. The van der Waals surface area contributed by atoms with Crippen LogP contribution in [0.3, 0.4) is 0 Å². The first-order chi connectivity index (χ1) is 13.2. The number of hydrogen-bond donors (Lipinski definition) is 3. The summed E-state index contributed by atoms with van der Waals surface area (Å²) < 4.78 is 24.7. The minimum Gasteiger partial charge on any atom is -0.480 e. The molecule has 10 heteroatoms. The minimum atomic E-state index is -3.30. The number of benzene rings is 1. The van der Waals surface area contributed by atoms with Crippen molar-refractivity contribution in [3.05, 3.63) is 40.9 Å². The van der Waals surface area contributed by atoms with Gasteiger partial charge in [0.25, 0.3) is 6.01 Å². The topological polar surface area (TPSA) is 119 Å². The van der Waals surface area contributed by atoms with Crippen molar-refractivity contribution in [1.82, 2.24) is 19.3 Å². The van der Waals surface area contributed by atoms with E-state index in [1.165, 1.54) is 4.31 Å². The number of pyridine rings is 1. The Hall–Kier alpha value is -2.20. The van der Waals surface area contributed by atoms with Crippen molar-refractivity contribution < 1.29 is 18.6 Å². The van der Waals surface area contributed by atoms with E-state index in [0.717, 1.165) is 17.4 Å². The third-order valence-electron chi connectivity index (χ3n) is 5.04. The Morgan fingerprint density at radius 2 is 1.96 bits per heavy atom. The Bertz CT molecular complexity index is 1130. The van der Waals surface area contributed by atoms with Crippen molar-refractivity contribution in [2.45, 2.75) is 18.4 Å². The number of sulfonamides is 1. The van der Waals surface area contributed by atoms with Crippen LogP contribution in [0.1, 0.15) is 17.9 Å². The molecule has 4 rings (SSSR count). The summed E-state index contributed by atoms with van der Waals surface area (Å²) in [5.74, 6) is -0.138. The second kappa shape index (κ2) is 7.00. The number of hydrogen-bond acceptors (Lipinski definition) is 6. The molecule has 2 aromatic heterocycles. The van der Waals surface area contributed by atoms with E-state index in [1.54, 1.807) is 6.07 Å². The van der Waals surface area contributed by atoms with E-state index >= 15 is 0 Å². The largest absolute Gasteiger partial charge is 0.480 e. The second-order valence-electron chi connectivity index (χ2n) is 6.96. The Balaban J connectivity index is 1.59. The van der Waals surface area contributed by atoms with Crippen LogP contribution in [-0.2, 0) is 10.0 Å². The summed E-state index contributed by atoms with van der Waals surface area (Å²) in [6.07, 6.45) is 0.937. The van der Waals surface area contributed by atoms with Gasteiger partial charge in [-0.2, -0.15) is 9.29 Å². The summed E-state index contributed by atoms with van der Waals surface area (Å²) in [6.45, 7) is 0.479. The minimum absolute atomic E-state index is 0.0952. The number of H-pyrrole nitrogens is 1. The number of nitrogens with one attached hydrogen (secondary N) is 1. The zero-order chi connectivity index (χ0) is 20.1. The van der Waals surface area contributed by atoms with E-state index in [4.69, 9.17) is 11.6 Å². The number of aliphatic hydroxyl groups is 1. The van der Waals surface area contributed by atoms with E-state index in [2.05, 4.69) is 15.0 Å². The Morgan fingerprint density at radius 1 is 1.25 bits per heavy atom. The van der Waals surface area contributed by atoms with Crippen LogP contribution in [-0.4, -0.2) is 63.3 Å². The average molecular weight is 423 g/mol. The fourth-order valence-corrected chi connectivity index (χ4v) is 4.71. The van der Waals surface area contributed by atoms with E-state index in [0.29, 0.717) is 34.8 Å². The monoisotopic (exact) mass is 422 g/mol. The Kier molecular flexibility index (Phi) is 4.78. The number of piperidine rings is 1. The summed E-state index contributed by atoms with van der Waals surface area (Å²) >= 11 is 6.32. The summed E-state index contributed by atoms with van der Waals surface area (Å²) in [5.41, 5.74) is 3.16. The molecule has 3 aromatic rings. The highest BCUT2D eigenvalue weighted by Gasteiger charge is 2.32. The van der Waals surface area contributed by atoms with E-state index in [1.807, 2.05) is 24.3 Å². The lowest BCUT2D eigenvalue weighted by molar-refractivity contribution is 0.0857. The van der Waals surface area contributed by atoms with Crippen molar-refractivity contribution in [1.29, 1.82) is 0 Å². The third kappa shape index (κ3) is 3.58. The molecule has 1 aliphatic rings. The van der Waals surface area contributed by atoms with Gasteiger partial charge >= 0.3 is 0 Å². The van der Waals surface area contributed by atoms with Gasteiger partial charge in [-0.25, -0.2) is 13.4 Å². The summed E-state index contributed by atoms with van der Waals surface area (Å²) in [6, 6.07) is 8.94. The van der Waals surface area contributed by atoms with Gasteiger partial charge in [-0.05, 0) is 18.1 Å². The van der Waals surface area contributed by atoms with E-state index in [-0.39, 0.29) is 18.5 Å². The van der Waals surface area contributed by atoms with Gasteiger partial charge in [0.05, 0.1) is 28.6 Å². The predicted molar refractivity (Wildman–Crippen MR) is 106 cm³/mol. The fourth-order valence-electron chi connectivity index (χ4n) is 3.59. The molecule has 0 aliphatic carbocycles. The highest BCUT2D eigenvalue weighted by atomic mass is 35.5. The number of fused-ring (bicyclic) bond motifs is 1. The smallest absolute Gasteiger partial charge is 0.293 e. The van der Waals surface area contributed by atoms with Gasteiger partial charge in [0.2, 0.25) is 10.0 Å². The number of halogens is 1. The van der Waals surface area contributed by atoms with Gasteiger partial charge in [0.1, 0.15) is 0 Å². The van der Waals surface area contributed by atoms with Crippen molar-refractivity contribution in [3.63, 3.8) is 0 Å². The number of aromatic amines is 1. The first-order valence-electron chi connectivity index (χ1n) is 8.71. The quantitative estimate of drug-likeness (QED) is 0.594. The Morgan fingerprint density at radius 3 is 2.61 bits per heavy atom. The normalized spacial score (nSPS) is 21.2. The number of rotatable bonds is 3. The fraction of sp³-hybridized carbons (Fsp3) is 0.333. The Labute approximate surface area is 166 Å². The number of imidazole rings is 1. The van der Waals surface area contributed by atoms with Crippen molar-refractivity contribution in [2.24, 2.45) is 0 Å². The number of aromatic nitrogens is 3. The van der Waals surface area contributed by atoms with Crippen LogP contribution in [0.15, 0.2) is 30.3 Å². The first-order valence-corrected chi connectivity index (χ1v) is 10.9. The number of aliphatic hydroxyl groups excluding tert-OH is 1. The van der Waals surface area contributed by atoms with Crippen molar-refractivity contribution >= 4 is 32.8 Å². The third-order valence-corrected chi connectivity index (χ3v) is 6.60. The lowest BCUT2D eigenvalue weighted by atomic mass is 9.87. The number of β-amino-alcohol motifs (C(OH)–C–C–N with tert-alkyl or cyclic N) is 1. The highest BCUT2D eigenvalue weighted by molar-refractivity contribution is 7.88. The maximum Gasteiger partial charge on any atom is 0.293 e. The van der Waals surface area contributed by atoms with Gasteiger partial charge in [-0.15, -0.1) is 0 Å². The zero-order valence-corrected chi connectivity index (χ0v) is 16.6. The molecule has 148 valence electrons. The van der Waals surface area contributed by atoms with Crippen molar-refractivity contribution in [3.8, 4) is 17.3 Å². The number of aromatic hydroxyl groups is 1. The van der Waals surface area contributed by atoms with Crippen LogP contribution < -0.4 is 0 Å². The molecule has 0 spiro atoms. The van der Waals surface area contributed by atoms with Crippen LogP contribution in [0.25, 0.3) is 22.4 Å². The molecule has 1 fully saturated rings. The van der Waals surface area contributed by atoms with Gasteiger partial charge in [0.15, 0.2) is 5.65 Å². The standard InChI is InChI=1S/C18H19ClN4O4S/c1-28(26,27)23-7-6-12(15(24)9-23)10-2-4-11(5-3-10)16-13(19)8-14-17(21-16)22-18(25)20-14/h2-5,8,12,15,24H,6-7,9H2,1H3,(H2,20,21,22,25). The first kappa shape index (κ1) is 19.1. The van der Waals surface area contributed by atoms with Crippen LogP contribution in [0.5, 0.6) is 6.01 Å². The molecule has 1 aliphatic heterocycles. The van der Waals surface area contributed by atoms with Crippen LogP contribution >= 0.6 is 11.6 Å². The lowest BCUT2D eigenvalue weighted by Gasteiger charge is -2.34. The second-order valence-corrected chi connectivity index (χ2v) is 9.35. The number of nitrogens with zero attached hydrogens (tertiary/aromatic N) is 3. The molecule has 3 heterocycles. The lowest BCUT2D eigenvalue weighted by Crippen LogP contribution is -2.45. The molecule has 28 heavy (non-hydrogen) atoms. The SMILES string of the molecule is CS(=O)(=O)N1CCC(c2ccc(-c3nc4nc(O)[nH]c4cc3Cl)cc2)C(O)C1.